The highest BCUT2D eigenvalue weighted by Crippen LogP contribution is 2.32. The third-order valence-electron chi connectivity index (χ3n) is 6.46. The fourth-order valence-electron chi connectivity index (χ4n) is 4.18. The Bertz CT molecular complexity index is 1200. The molecule has 3 rings (SSSR count). The van der Waals surface area contributed by atoms with Gasteiger partial charge >= 0.3 is 6.18 Å². The van der Waals surface area contributed by atoms with E-state index in [0.717, 1.165) is 23.7 Å². The standard InChI is InChI=1S/C27H30F3N5O/c1-3-19(2)24(17-35(32)16-22-6-4-5-7-25(22)27(28,29)30)26(36)12-23-14-33-18-34(23)15-21-10-8-20(13-31)9-11-21/h4-11,14,18-19,24H,3,12,15-17,32H2,1-2H3/t19-,24+/m0/s1. The number of carbonyl (C=O) groups is 1. The summed E-state index contributed by atoms with van der Waals surface area (Å²) in [5, 5.41) is 10.3. The molecule has 190 valence electrons. The van der Waals surface area contributed by atoms with E-state index in [1.807, 2.05) is 30.5 Å². The summed E-state index contributed by atoms with van der Waals surface area (Å²) < 4.78 is 42.0. The number of halogens is 3. The number of Topliss-reactive ketones (excluding diaryl/α,β-unsaturated/α-hetero) is 1. The Morgan fingerprint density at radius 1 is 1.19 bits per heavy atom. The van der Waals surface area contributed by atoms with Gasteiger partial charge in [-0.15, -0.1) is 0 Å². The predicted octanol–water partition coefficient (Wildman–Crippen LogP) is 4.97. The zero-order valence-electron chi connectivity index (χ0n) is 20.4. The van der Waals surface area contributed by atoms with E-state index in [0.29, 0.717) is 12.1 Å². The Morgan fingerprint density at radius 3 is 2.53 bits per heavy atom. The molecule has 0 aliphatic rings. The fraction of sp³-hybridized carbons (Fsp3) is 0.370. The lowest BCUT2D eigenvalue weighted by Gasteiger charge is -2.28. The Labute approximate surface area is 209 Å². The summed E-state index contributed by atoms with van der Waals surface area (Å²) in [6.07, 6.45) is -0.305. The molecule has 0 fully saturated rings. The van der Waals surface area contributed by atoms with Crippen molar-refractivity contribution >= 4 is 5.78 Å². The molecular weight excluding hydrogens is 467 g/mol. The maximum Gasteiger partial charge on any atom is 0.416 e. The van der Waals surface area contributed by atoms with Crippen LogP contribution in [0.4, 0.5) is 13.2 Å². The van der Waals surface area contributed by atoms with Crippen LogP contribution in [0.25, 0.3) is 0 Å². The molecule has 3 aromatic rings. The zero-order chi connectivity index (χ0) is 26.3. The van der Waals surface area contributed by atoms with Crippen LogP contribution in [0.2, 0.25) is 0 Å². The van der Waals surface area contributed by atoms with Crippen molar-refractivity contribution in [3.63, 3.8) is 0 Å². The van der Waals surface area contributed by atoms with Crippen molar-refractivity contribution in [3.8, 4) is 6.07 Å². The van der Waals surface area contributed by atoms with E-state index < -0.39 is 17.7 Å². The summed E-state index contributed by atoms with van der Waals surface area (Å²) >= 11 is 0. The van der Waals surface area contributed by atoms with E-state index in [1.165, 1.54) is 17.1 Å². The lowest BCUT2D eigenvalue weighted by Crippen LogP contribution is -2.41. The maximum absolute atomic E-state index is 13.4. The average Bonchev–Trinajstić information content (AvgIpc) is 3.28. The summed E-state index contributed by atoms with van der Waals surface area (Å²) in [5.74, 6) is 5.66. The van der Waals surface area contributed by atoms with Crippen LogP contribution in [0.5, 0.6) is 0 Å². The molecule has 0 amide bonds. The van der Waals surface area contributed by atoms with Crippen molar-refractivity contribution in [3.05, 3.63) is 89.0 Å². The second-order valence-corrected chi connectivity index (χ2v) is 9.04. The van der Waals surface area contributed by atoms with E-state index in [1.54, 1.807) is 30.7 Å². The molecule has 2 aromatic carbocycles. The minimum Gasteiger partial charge on any atom is -0.330 e. The third-order valence-corrected chi connectivity index (χ3v) is 6.46. The smallest absolute Gasteiger partial charge is 0.330 e. The zero-order valence-corrected chi connectivity index (χ0v) is 20.4. The molecule has 36 heavy (non-hydrogen) atoms. The summed E-state index contributed by atoms with van der Waals surface area (Å²) in [7, 11) is 0. The molecule has 0 radical (unpaired) electrons. The Balaban J connectivity index is 1.71. The number of benzene rings is 2. The lowest BCUT2D eigenvalue weighted by atomic mass is 9.86. The molecule has 2 atom stereocenters. The molecule has 0 aliphatic carbocycles. The molecule has 0 spiro atoms. The Hall–Kier alpha value is -3.48. The Morgan fingerprint density at radius 2 is 1.89 bits per heavy atom. The van der Waals surface area contributed by atoms with Crippen molar-refractivity contribution in [1.29, 1.82) is 5.26 Å². The van der Waals surface area contributed by atoms with Gasteiger partial charge in [-0.3, -0.25) is 10.6 Å². The number of nitrogens with two attached hydrogens (primary N) is 1. The molecule has 0 saturated heterocycles. The summed E-state index contributed by atoms with van der Waals surface area (Å²) in [5.41, 5.74) is 1.63. The van der Waals surface area contributed by atoms with Crippen LogP contribution in [0.1, 0.15) is 48.2 Å². The number of alkyl halides is 3. The van der Waals surface area contributed by atoms with E-state index in [-0.39, 0.29) is 36.8 Å². The highest BCUT2D eigenvalue weighted by Gasteiger charge is 2.33. The van der Waals surface area contributed by atoms with Crippen LogP contribution in [0.15, 0.2) is 61.1 Å². The average molecular weight is 498 g/mol. The van der Waals surface area contributed by atoms with E-state index in [4.69, 9.17) is 11.1 Å². The van der Waals surface area contributed by atoms with E-state index >= 15 is 0 Å². The lowest BCUT2D eigenvalue weighted by molar-refractivity contribution is -0.138. The molecule has 1 aromatic heterocycles. The number of rotatable bonds is 11. The SMILES string of the molecule is CC[C@H](C)[C@@H](CN(N)Cc1ccccc1C(F)(F)F)C(=O)Cc1cncn1Cc1ccc(C#N)cc1. The van der Waals surface area contributed by atoms with Gasteiger partial charge in [0.25, 0.3) is 0 Å². The van der Waals surface area contributed by atoms with Crippen LogP contribution >= 0.6 is 0 Å². The first-order valence-electron chi connectivity index (χ1n) is 11.8. The van der Waals surface area contributed by atoms with Crippen LogP contribution in [0, 0.1) is 23.2 Å². The monoisotopic (exact) mass is 497 g/mol. The molecule has 9 heteroatoms. The highest BCUT2D eigenvalue weighted by atomic mass is 19.4. The van der Waals surface area contributed by atoms with E-state index in [9.17, 15) is 18.0 Å². The number of ketones is 1. The van der Waals surface area contributed by atoms with Gasteiger partial charge in [-0.1, -0.05) is 50.6 Å². The van der Waals surface area contributed by atoms with Crippen LogP contribution < -0.4 is 5.84 Å². The second-order valence-electron chi connectivity index (χ2n) is 9.04. The number of carbonyl (C=O) groups excluding carboxylic acids is 1. The highest BCUT2D eigenvalue weighted by molar-refractivity contribution is 5.83. The van der Waals surface area contributed by atoms with Gasteiger partial charge in [0.15, 0.2) is 0 Å². The first-order valence-corrected chi connectivity index (χ1v) is 11.8. The minimum atomic E-state index is -4.48. The van der Waals surface area contributed by atoms with Gasteiger partial charge in [0.2, 0.25) is 0 Å². The molecule has 6 nitrogen and oxygen atoms in total. The second kappa shape index (κ2) is 12.0. The van der Waals surface area contributed by atoms with Crippen LogP contribution in [-0.4, -0.2) is 26.9 Å². The number of aromatic nitrogens is 2. The minimum absolute atomic E-state index is 0.00342. The van der Waals surface area contributed by atoms with E-state index in [2.05, 4.69) is 11.1 Å². The molecule has 0 saturated carbocycles. The molecule has 0 aliphatic heterocycles. The maximum atomic E-state index is 13.4. The van der Waals surface area contributed by atoms with Crippen LogP contribution in [0.3, 0.4) is 0 Å². The van der Waals surface area contributed by atoms with Crippen molar-refractivity contribution in [2.24, 2.45) is 17.7 Å². The Kier molecular flexibility index (Phi) is 9.02. The van der Waals surface area contributed by atoms with Crippen molar-refractivity contribution < 1.29 is 18.0 Å². The number of hydrogen-bond acceptors (Lipinski definition) is 5. The molecular formula is C27H30F3N5O. The van der Waals surface area contributed by atoms with Crippen molar-refractivity contribution in [2.45, 2.75) is 46.0 Å². The van der Waals surface area contributed by atoms with Crippen molar-refractivity contribution in [1.82, 2.24) is 14.6 Å². The quantitative estimate of drug-likeness (QED) is 0.299. The van der Waals surface area contributed by atoms with Crippen molar-refractivity contribution in [2.75, 3.05) is 6.54 Å². The summed E-state index contributed by atoms with van der Waals surface area (Å²) in [6, 6.07) is 14.6. The topological polar surface area (TPSA) is 87.9 Å². The fourth-order valence-corrected chi connectivity index (χ4v) is 4.18. The number of imidazole rings is 1. The molecule has 1 heterocycles. The van der Waals surface area contributed by atoms with Gasteiger partial charge in [-0.2, -0.15) is 18.4 Å². The predicted molar refractivity (Wildman–Crippen MR) is 130 cm³/mol. The van der Waals surface area contributed by atoms with Gasteiger partial charge in [0.1, 0.15) is 5.78 Å². The molecule has 2 N–H and O–H groups in total. The molecule has 0 bridgehead atoms. The first kappa shape index (κ1) is 27.1. The van der Waals surface area contributed by atoms with Gasteiger partial charge in [0.05, 0.1) is 23.5 Å². The van der Waals surface area contributed by atoms with Gasteiger partial charge in [-0.25, -0.2) is 9.99 Å². The van der Waals surface area contributed by atoms with Gasteiger partial charge in [0, 0.05) is 43.9 Å². The number of nitriles is 1. The normalized spacial score (nSPS) is 13.4. The number of nitrogens with zero attached hydrogens (tertiary/aromatic N) is 4. The number of hydrazine groups is 1. The number of hydrogen-bond donors (Lipinski definition) is 1. The summed E-state index contributed by atoms with van der Waals surface area (Å²) in [6.45, 7) is 4.45. The van der Waals surface area contributed by atoms with Crippen LogP contribution in [-0.2, 0) is 30.5 Å². The largest absolute Gasteiger partial charge is 0.416 e. The summed E-state index contributed by atoms with van der Waals surface area (Å²) in [4.78, 5) is 17.6. The molecule has 0 unspecified atom stereocenters. The van der Waals surface area contributed by atoms with Gasteiger partial charge in [-0.05, 0) is 35.2 Å². The van der Waals surface area contributed by atoms with Gasteiger partial charge < -0.3 is 4.57 Å². The third kappa shape index (κ3) is 7.03. The first-order chi connectivity index (χ1) is 17.1.